The summed E-state index contributed by atoms with van der Waals surface area (Å²) >= 11 is 0. The fourth-order valence-electron chi connectivity index (χ4n) is 4.03. The summed E-state index contributed by atoms with van der Waals surface area (Å²) in [6.45, 7) is 4.99. The molecule has 128 valence electrons. The Morgan fingerprint density at radius 3 is 2.78 bits per heavy atom. The average Bonchev–Trinajstić information content (AvgIpc) is 3.13. The number of piperidine rings is 1. The number of likely N-dealkylation sites (tertiary alicyclic amines) is 1. The average molecular weight is 340 g/mol. The van der Waals surface area contributed by atoms with E-state index in [1.54, 1.807) is 24.3 Å². The number of rotatable bonds is 4. The molecule has 0 aliphatic carbocycles. The Morgan fingerprint density at radius 1 is 1.39 bits per heavy atom. The highest BCUT2D eigenvalue weighted by atomic mass is 32.2. The van der Waals surface area contributed by atoms with Crippen molar-refractivity contribution in [3.63, 3.8) is 0 Å². The third-order valence-corrected chi connectivity index (χ3v) is 6.91. The molecular weight excluding hydrogens is 316 g/mol. The summed E-state index contributed by atoms with van der Waals surface area (Å²) in [6, 6.07) is 2.11. The minimum Gasteiger partial charge on any atom is -0.335 e. The zero-order valence-corrected chi connectivity index (χ0v) is 14.4. The lowest BCUT2D eigenvalue weighted by Gasteiger charge is -2.37. The van der Waals surface area contributed by atoms with Gasteiger partial charge < -0.3 is 4.90 Å². The lowest BCUT2D eigenvalue weighted by molar-refractivity contribution is -0.132. The number of carbonyl (C=O) groups excluding carboxylic acids is 1. The molecule has 3 heterocycles. The van der Waals surface area contributed by atoms with Crippen LogP contribution in [0.5, 0.6) is 0 Å². The number of sulfonamides is 1. The second kappa shape index (κ2) is 6.24. The van der Waals surface area contributed by atoms with Crippen molar-refractivity contribution in [3.8, 4) is 0 Å². The highest BCUT2D eigenvalue weighted by Crippen LogP contribution is 2.37. The van der Waals surface area contributed by atoms with Gasteiger partial charge in [-0.3, -0.25) is 9.48 Å². The predicted octanol–water partition coefficient (Wildman–Crippen LogP) is 0.544. The predicted molar refractivity (Wildman–Crippen MR) is 86.1 cm³/mol. The molecule has 0 spiro atoms. The van der Waals surface area contributed by atoms with Crippen LogP contribution in [-0.4, -0.2) is 64.2 Å². The second-order valence-electron chi connectivity index (χ2n) is 6.42. The first kappa shape index (κ1) is 16.4. The van der Waals surface area contributed by atoms with Crippen LogP contribution in [0.4, 0.5) is 0 Å². The molecule has 3 rings (SSSR count). The van der Waals surface area contributed by atoms with Crippen molar-refractivity contribution in [1.82, 2.24) is 19.0 Å². The molecule has 0 radical (unpaired) electrons. The van der Waals surface area contributed by atoms with E-state index in [1.165, 1.54) is 0 Å². The number of amides is 1. The Balaban J connectivity index is 1.77. The van der Waals surface area contributed by atoms with Crippen LogP contribution < -0.4 is 0 Å². The minimum atomic E-state index is -3.15. The van der Waals surface area contributed by atoms with E-state index in [2.05, 4.69) is 5.10 Å². The molecule has 1 amide bonds. The molecule has 2 saturated heterocycles. The fourth-order valence-corrected chi connectivity index (χ4v) is 5.20. The molecule has 1 aromatic heterocycles. The molecule has 0 saturated carbocycles. The lowest BCUT2D eigenvalue weighted by atomic mass is 9.93. The highest BCUT2D eigenvalue weighted by molar-refractivity contribution is 7.89. The molecule has 3 atom stereocenters. The van der Waals surface area contributed by atoms with E-state index in [0.29, 0.717) is 19.6 Å². The number of hydrogen-bond donors (Lipinski definition) is 0. The van der Waals surface area contributed by atoms with Gasteiger partial charge in [0.1, 0.15) is 0 Å². The monoisotopic (exact) mass is 340 g/mol. The van der Waals surface area contributed by atoms with Crippen LogP contribution >= 0.6 is 0 Å². The van der Waals surface area contributed by atoms with Gasteiger partial charge in [0.15, 0.2) is 0 Å². The molecule has 2 aliphatic heterocycles. The first-order valence-corrected chi connectivity index (χ1v) is 9.77. The summed E-state index contributed by atoms with van der Waals surface area (Å²) in [7, 11) is -3.15. The number of nitrogens with zero attached hydrogens (tertiary/aromatic N) is 4. The maximum absolute atomic E-state index is 12.1. The number of aromatic nitrogens is 2. The van der Waals surface area contributed by atoms with Gasteiger partial charge in [-0.15, -0.1) is 0 Å². The van der Waals surface area contributed by atoms with E-state index < -0.39 is 10.0 Å². The topological polar surface area (TPSA) is 75.5 Å². The molecule has 1 unspecified atom stereocenters. The van der Waals surface area contributed by atoms with Crippen LogP contribution in [0.3, 0.4) is 0 Å². The van der Waals surface area contributed by atoms with Crippen LogP contribution in [0.25, 0.3) is 0 Å². The van der Waals surface area contributed by atoms with E-state index >= 15 is 0 Å². The molecular formula is C15H24N4O3S. The molecule has 8 heteroatoms. The maximum atomic E-state index is 12.1. The third kappa shape index (κ3) is 3.14. The van der Waals surface area contributed by atoms with Gasteiger partial charge in [-0.1, -0.05) is 0 Å². The van der Waals surface area contributed by atoms with Crippen LogP contribution in [0, 0.1) is 5.92 Å². The van der Waals surface area contributed by atoms with Gasteiger partial charge in [0.05, 0.1) is 18.3 Å². The quantitative estimate of drug-likeness (QED) is 0.802. The first-order valence-electron chi connectivity index (χ1n) is 8.16. The van der Waals surface area contributed by atoms with E-state index in [-0.39, 0.29) is 29.7 Å². The zero-order chi connectivity index (χ0) is 16.6. The Labute approximate surface area is 137 Å². The van der Waals surface area contributed by atoms with Crippen LogP contribution in [0.1, 0.15) is 26.7 Å². The smallest absolute Gasteiger partial charge is 0.220 e. The standard InChI is InChI=1S/C15H24N4O3S/c1-3-23(21,22)18-8-5-15-13(10-18)9-14(19(15)12(2)20)11-17-7-4-6-16-17/h4,6-7,13-15H,3,5,8-11H2,1-2H3/t13-,14?,15+/m0/s1. The molecule has 0 bridgehead atoms. The van der Waals surface area contributed by atoms with Crippen molar-refractivity contribution in [3.05, 3.63) is 18.5 Å². The molecule has 0 N–H and O–H groups in total. The van der Waals surface area contributed by atoms with Crippen molar-refractivity contribution >= 4 is 15.9 Å². The van der Waals surface area contributed by atoms with E-state index in [9.17, 15) is 13.2 Å². The van der Waals surface area contributed by atoms with Crippen LogP contribution in [0.2, 0.25) is 0 Å². The van der Waals surface area contributed by atoms with Gasteiger partial charge in [0.2, 0.25) is 15.9 Å². The Morgan fingerprint density at radius 2 is 2.17 bits per heavy atom. The maximum Gasteiger partial charge on any atom is 0.220 e. The van der Waals surface area contributed by atoms with Crippen molar-refractivity contribution in [1.29, 1.82) is 0 Å². The van der Waals surface area contributed by atoms with E-state index in [0.717, 1.165) is 12.8 Å². The van der Waals surface area contributed by atoms with Crippen molar-refractivity contribution < 1.29 is 13.2 Å². The van der Waals surface area contributed by atoms with Gasteiger partial charge in [0, 0.05) is 38.4 Å². The molecule has 0 aromatic carbocycles. The third-order valence-electron chi connectivity index (χ3n) is 5.06. The van der Waals surface area contributed by atoms with Gasteiger partial charge in [-0.2, -0.15) is 5.10 Å². The van der Waals surface area contributed by atoms with Gasteiger partial charge in [-0.05, 0) is 31.7 Å². The first-order chi connectivity index (χ1) is 10.9. The van der Waals surface area contributed by atoms with Crippen molar-refractivity contribution in [2.75, 3.05) is 18.8 Å². The Kier molecular flexibility index (Phi) is 4.46. The summed E-state index contributed by atoms with van der Waals surface area (Å²) < 4.78 is 27.7. The number of fused-ring (bicyclic) bond motifs is 1. The SMILES string of the molecule is CCS(=O)(=O)N1CC[C@@H]2[C@@H](CC(Cn3cccn3)N2C(C)=O)C1. The summed E-state index contributed by atoms with van der Waals surface area (Å²) in [5.41, 5.74) is 0. The molecule has 7 nitrogen and oxygen atoms in total. The molecule has 1 aromatic rings. The highest BCUT2D eigenvalue weighted by Gasteiger charge is 2.46. The normalized spacial score (nSPS) is 28.8. The molecule has 2 fully saturated rings. The van der Waals surface area contributed by atoms with Gasteiger partial charge in [-0.25, -0.2) is 12.7 Å². The summed E-state index contributed by atoms with van der Waals surface area (Å²) in [6.07, 6.45) is 5.18. The largest absolute Gasteiger partial charge is 0.335 e. The number of carbonyl (C=O) groups is 1. The Hall–Kier alpha value is -1.41. The summed E-state index contributed by atoms with van der Waals surface area (Å²) in [5, 5.41) is 4.23. The van der Waals surface area contributed by atoms with Crippen LogP contribution in [0.15, 0.2) is 18.5 Å². The van der Waals surface area contributed by atoms with Gasteiger partial charge >= 0.3 is 0 Å². The van der Waals surface area contributed by atoms with Crippen LogP contribution in [-0.2, 0) is 21.4 Å². The van der Waals surface area contributed by atoms with Crippen molar-refractivity contribution in [2.45, 2.75) is 45.3 Å². The van der Waals surface area contributed by atoms with Gasteiger partial charge in [0.25, 0.3) is 0 Å². The molecule has 2 aliphatic rings. The van der Waals surface area contributed by atoms with E-state index in [1.807, 2.05) is 21.8 Å². The Bertz CT molecular complexity index is 658. The summed E-state index contributed by atoms with van der Waals surface area (Å²) in [5.74, 6) is 0.424. The summed E-state index contributed by atoms with van der Waals surface area (Å²) in [4.78, 5) is 14.1. The number of hydrogen-bond acceptors (Lipinski definition) is 4. The zero-order valence-electron chi connectivity index (χ0n) is 13.6. The van der Waals surface area contributed by atoms with Crippen molar-refractivity contribution in [2.24, 2.45) is 5.92 Å². The second-order valence-corrected chi connectivity index (χ2v) is 8.68. The minimum absolute atomic E-state index is 0.0708. The molecule has 23 heavy (non-hydrogen) atoms. The lowest BCUT2D eigenvalue weighted by Crippen LogP contribution is -2.50. The van der Waals surface area contributed by atoms with E-state index in [4.69, 9.17) is 0 Å². The fraction of sp³-hybridized carbons (Fsp3) is 0.733.